The van der Waals surface area contributed by atoms with E-state index in [1.165, 1.54) is 0 Å². The molecular weight excluding hydrogens is 316 g/mol. The van der Waals surface area contributed by atoms with Crippen molar-refractivity contribution in [1.82, 2.24) is 10.2 Å². The van der Waals surface area contributed by atoms with E-state index in [9.17, 15) is 13.2 Å². The highest BCUT2D eigenvalue weighted by atomic mass is 32.2. The number of ether oxygens (including phenoxy) is 1. The summed E-state index contributed by atoms with van der Waals surface area (Å²) in [7, 11) is -3.07. The lowest BCUT2D eigenvalue weighted by Crippen LogP contribution is -2.51. The zero-order valence-electron chi connectivity index (χ0n) is 13.3. The number of morpholine rings is 1. The first kappa shape index (κ1) is 15.6. The second kappa shape index (κ2) is 5.57. The summed E-state index contributed by atoms with van der Waals surface area (Å²) in [5, 5.41) is 3.17. The molecular formula is C16H24N2O4S. The molecule has 0 bridgehead atoms. The van der Waals surface area contributed by atoms with Gasteiger partial charge in [-0.3, -0.25) is 4.79 Å². The van der Waals surface area contributed by atoms with Crippen molar-refractivity contribution in [2.75, 3.05) is 32.8 Å². The van der Waals surface area contributed by atoms with Crippen LogP contribution in [0.5, 0.6) is 0 Å². The van der Waals surface area contributed by atoms with Crippen LogP contribution >= 0.6 is 0 Å². The van der Waals surface area contributed by atoms with E-state index in [2.05, 4.69) is 5.32 Å². The minimum Gasteiger partial charge on any atom is -0.378 e. The topological polar surface area (TPSA) is 75.7 Å². The Kier molecular flexibility index (Phi) is 3.77. The maximum atomic E-state index is 12.8. The molecule has 0 radical (unpaired) electrons. The molecule has 0 aromatic heterocycles. The van der Waals surface area contributed by atoms with Crippen molar-refractivity contribution in [3.05, 3.63) is 11.6 Å². The highest BCUT2D eigenvalue weighted by Crippen LogP contribution is 2.50. The number of carbonyl (C=O) groups excluding carboxylic acids is 1. The summed E-state index contributed by atoms with van der Waals surface area (Å²) >= 11 is 0. The molecule has 1 saturated heterocycles. The Hall–Kier alpha value is -0.920. The average Bonchev–Trinajstić information content (AvgIpc) is 3.44. The van der Waals surface area contributed by atoms with E-state index in [0.29, 0.717) is 39.1 Å². The van der Waals surface area contributed by atoms with Crippen molar-refractivity contribution in [1.29, 1.82) is 0 Å². The maximum absolute atomic E-state index is 12.8. The second-order valence-corrected chi connectivity index (χ2v) is 9.81. The molecule has 1 amide bonds. The van der Waals surface area contributed by atoms with Gasteiger partial charge in [-0.2, -0.15) is 0 Å². The van der Waals surface area contributed by atoms with Crippen LogP contribution in [0.3, 0.4) is 0 Å². The van der Waals surface area contributed by atoms with Crippen LogP contribution in [0.15, 0.2) is 11.6 Å². The molecule has 1 unspecified atom stereocenters. The average molecular weight is 340 g/mol. The summed E-state index contributed by atoms with van der Waals surface area (Å²) in [5.41, 5.74) is 0.746. The maximum Gasteiger partial charge on any atom is 0.251 e. The summed E-state index contributed by atoms with van der Waals surface area (Å²) in [4.78, 5) is 14.6. The number of hydrogen-bond acceptors (Lipinski definition) is 5. The monoisotopic (exact) mass is 340 g/mol. The van der Waals surface area contributed by atoms with Gasteiger partial charge in [0.05, 0.1) is 29.3 Å². The third kappa shape index (κ3) is 2.72. The predicted molar refractivity (Wildman–Crippen MR) is 85.8 cm³/mol. The minimum absolute atomic E-state index is 0.0171. The summed E-state index contributed by atoms with van der Waals surface area (Å²) < 4.78 is 30.1. The molecule has 2 aliphatic heterocycles. The van der Waals surface area contributed by atoms with Crippen LogP contribution in [0.25, 0.3) is 0 Å². The van der Waals surface area contributed by atoms with Crippen molar-refractivity contribution in [3.63, 3.8) is 0 Å². The number of hydrogen-bond donors (Lipinski definition) is 1. The lowest BCUT2D eigenvalue weighted by Gasteiger charge is -2.34. The Morgan fingerprint density at radius 3 is 2.74 bits per heavy atom. The molecule has 128 valence electrons. The molecule has 2 aliphatic carbocycles. The van der Waals surface area contributed by atoms with Crippen molar-refractivity contribution in [3.8, 4) is 0 Å². The van der Waals surface area contributed by atoms with Gasteiger partial charge in [0.1, 0.15) is 0 Å². The van der Waals surface area contributed by atoms with Gasteiger partial charge in [-0.15, -0.1) is 0 Å². The van der Waals surface area contributed by atoms with E-state index in [0.717, 1.165) is 31.4 Å². The van der Waals surface area contributed by atoms with Gasteiger partial charge >= 0.3 is 0 Å². The van der Waals surface area contributed by atoms with E-state index in [4.69, 9.17) is 4.74 Å². The van der Waals surface area contributed by atoms with Crippen molar-refractivity contribution >= 4 is 15.7 Å². The van der Waals surface area contributed by atoms with Gasteiger partial charge in [0.15, 0.2) is 9.84 Å². The third-order valence-electron chi connectivity index (χ3n) is 5.45. The van der Waals surface area contributed by atoms with Crippen LogP contribution in [0, 0.1) is 0 Å². The van der Waals surface area contributed by atoms with E-state index >= 15 is 0 Å². The number of sulfone groups is 1. The van der Waals surface area contributed by atoms with Crippen LogP contribution in [0.2, 0.25) is 0 Å². The second-order valence-electron chi connectivity index (χ2n) is 7.18. The van der Waals surface area contributed by atoms with E-state index in [1.807, 2.05) is 6.08 Å². The van der Waals surface area contributed by atoms with Crippen molar-refractivity contribution < 1.29 is 17.9 Å². The number of nitrogens with zero attached hydrogens (tertiary/aromatic N) is 1. The molecule has 23 heavy (non-hydrogen) atoms. The van der Waals surface area contributed by atoms with Gasteiger partial charge in [0.2, 0.25) is 0 Å². The van der Waals surface area contributed by atoms with Crippen molar-refractivity contribution in [2.45, 2.75) is 48.1 Å². The summed E-state index contributed by atoms with van der Waals surface area (Å²) in [6.07, 6.45) is 5.79. The Labute approximate surface area is 137 Å². The standard InChI is InChI=1S/C16H24N2O4S/c19-15-13(14-10-22-9-7-17-14)2-1-8-18(15)11-16(5-6-16)23(20,21)12-3-4-12/h2,12,14,17H,1,3-11H2. The normalized spacial score (nSPS) is 31.0. The molecule has 0 aromatic carbocycles. The zero-order chi connectivity index (χ0) is 16.1. The number of nitrogens with one attached hydrogen (secondary N) is 1. The number of amides is 1. The largest absolute Gasteiger partial charge is 0.378 e. The van der Waals surface area contributed by atoms with Crippen LogP contribution < -0.4 is 5.32 Å². The molecule has 1 atom stereocenters. The van der Waals surface area contributed by atoms with Gasteiger partial charge in [0.25, 0.3) is 5.91 Å². The fourth-order valence-electron chi connectivity index (χ4n) is 3.71. The first-order valence-electron chi connectivity index (χ1n) is 8.57. The van der Waals surface area contributed by atoms with Crippen LogP contribution in [0.1, 0.15) is 32.1 Å². The highest BCUT2D eigenvalue weighted by Gasteiger charge is 2.60. The molecule has 7 heteroatoms. The molecule has 2 saturated carbocycles. The van der Waals surface area contributed by atoms with E-state index in [-0.39, 0.29) is 17.2 Å². The lowest BCUT2D eigenvalue weighted by atomic mass is 10.0. The number of rotatable bonds is 5. The van der Waals surface area contributed by atoms with Gasteiger partial charge in [-0.25, -0.2) is 8.42 Å². The summed E-state index contributed by atoms with van der Waals surface area (Å²) in [6, 6.07) is -0.0609. The van der Waals surface area contributed by atoms with Gasteiger partial charge in [-0.1, -0.05) is 6.08 Å². The van der Waals surface area contributed by atoms with Gasteiger partial charge in [-0.05, 0) is 32.1 Å². The molecule has 4 aliphatic rings. The molecule has 0 aromatic rings. The van der Waals surface area contributed by atoms with Gasteiger partial charge < -0.3 is 15.0 Å². The first-order valence-corrected chi connectivity index (χ1v) is 10.1. The van der Waals surface area contributed by atoms with E-state index < -0.39 is 14.6 Å². The lowest BCUT2D eigenvalue weighted by molar-refractivity contribution is -0.128. The van der Waals surface area contributed by atoms with Crippen LogP contribution in [0.4, 0.5) is 0 Å². The molecule has 2 heterocycles. The fraction of sp³-hybridized carbons (Fsp3) is 0.812. The zero-order valence-corrected chi connectivity index (χ0v) is 14.1. The predicted octanol–water partition coefficient (Wildman–Crippen LogP) is 0.243. The fourth-order valence-corrected chi connectivity index (χ4v) is 6.18. The Balaban J connectivity index is 1.48. The Morgan fingerprint density at radius 2 is 2.13 bits per heavy atom. The quantitative estimate of drug-likeness (QED) is 0.776. The summed E-state index contributed by atoms with van der Waals surface area (Å²) in [6.45, 7) is 2.92. The van der Waals surface area contributed by atoms with E-state index in [1.54, 1.807) is 4.90 Å². The van der Waals surface area contributed by atoms with Gasteiger partial charge in [0, 0.05) is 25.2 Å². The molecule has 6 nitrogen and oxygen atoms in total. The van der Waals surface area contributed by atoms with Crippen LogP contribution in [-0.4, -0.2) is 68.1 Å². The molecule has 1 N–H and O–H groups in total. The smallest absolute Gasteiger partial charge is 0.251 e. The molecule has 3 fully saturated rings. The third-order valence-corrected chi connectivity index (χ3v) is 8.54. The minimum atomic E-state index is -3.07. The SMILES string of the molecule is O=C1C(C2COCCN2)=CCCN1CC1(S(=O)(=O)C2CC2)CC1. The Bertz CT molecular complexity index is 628. The number of carbonyl (C=O) groups is 1. The highest BCUT2D eigenvalue weighted by molar-refractivity contribution is 7.94. The molecule has 0 spiro atoms. The van der Waals surface area contributed by atoms with Crippen molar-refractivity contribution in [2.24, 2.45) is 0 Å². The van der Waals surface area contributed by atoms with Crippen LogP contribution in [-0.2, 0) is 19.4 Å². The Morgan fingerprint density at radius 1 is 1.35 bits per heavy atom. The summed E-state index contributed by atoms with van der Waals surface area (Å²) in [5.74, 6) is -0.0171. The molecule has 4 rings (SSSR count). The first-order chi connectivity index (χ1) is 11.0.